The fourth-order valence-electron chi connectivity index (χ4n) is 0.563. The highest BCUT2D eigenvalue weighted by molar-refractivity contribution is 6.19. The van der Waals surface area contributed by atoms with Crippen LogP contribution >= 0.6 is 0 Å². The quantitative estimate of drug-likeness (QED) is 0.501. The first-order valence-corrected chi connectivity index (χ1v) is 3.50. The van der Waals surface area contributed by atoms with Crippen LogP contribution in [0.15, 0.2) is 24.3 Å². The van der Waals surface area contributed by atoms with Crippen molar-refractivity contribution < 1.29 is 19.8 Å². The Balaban J connectivity index is 0.000000252. The molecule has 0 aliphatic carbocycles. The Hall–Kier alpha value is -1.84. The van der Waals surface area contributed by atoms with Crippen LogP contribution in [-0.2, 0) is 9.59 Å². The topological polar surface area (TPSA) is 74.6 Å². The van der Waals surface area contributed by atoms with Gasteiger partial charge in [0, 0.05) is 0 Å². The van der Waals surface area contributed by atoms with E-state index in [-0.39, 0.29) is 6.29 Å². The maximum Gasteiger partial charge on any atom is 0.368 e. The number of benzene rings is 1. The molecule has 4 nitrogen and oxygen atoms in total. The van der Waals surface area contributed by atoms with Crippen molar-refractivity contribution in [3.8, 4) is 5.75 Å². The average molecular weight is 182 g/mol. The summed E-state index contributed by atoms with van der Waals surface area (Å²) < 4.78 is 0. The van der Waals surface area contributed by atoms with E-state index in [0.717, 1.165) is 5.56 Å². The van der Waals surface area contributed by atoms with Crippen molar-refractivity contribution in [3.05, 3.63) is 29.8 Å². The van der Waals surface area contributed by atoms with Crippen LogP contribution in [0.4, 0.5) is 0 Å². The number of aldehydes is 1. The van der Waals surface area contributed by atoms with Crippen LogP contribution in [0, 0.1) is 6.92 Å². The number of phenolic OH excluding ortho intramolecular Hbond substituents is 1. The molecule has 0 fully saturated rings. The minimum Gasteiger partial charge on any atom is -0.508 e. The van der Waals surface area contributed by atoms with Crippen LogP contribution in [0.5, 0.6) is 5.75 Å². The summed E-state index contributed by atoms with van der Waals surface area (Å²) in [5.41, 5.74) is 0.924. The number of hydrogen-bond acceptors (Lipinski definition) is 3. The number of carboxylic acids is 1. The molecule has 1 aromatic rings. The largest absolute Gasteiger partial charge is 0.508 e. The molecule has 0 spiro atoms. The van der Waals surface area contributed by atoms with Crippen LogP contribution < -0.4 is 0 Å². The highest BCUT2D eigenvalue weighted by Gasteiger charge is 1.87. The molecule has 70 valence electrons. The van der Waals surface area contributed by atoms with Gasteiger partial charge in [0.05, 0.1) is 0 Å². The number of carboxylic acid groups (broad SMARTS) is 1. The van der Waals surface area contributed by atoms with Crippen molar-refractivity contribution in [3.63, 3.8) is 0 Å². The first kappa shape index (κ1) is 11.2. The van der Waals surface area contributed by atoms with E-state index in [1.54, 1.807) is 6.07 Å². The normalized spacial score (nSPS) is 8.08. The van der Waals surface area contributed by atoms with Gasteiger partial charge in [0.1, 0.15) is 5.75 Å². The van der Waals surface area contributed by atoms with E-state index in [1.165, 1.54) is 0 Å². The Kier molecular flexibility index (Phi) is 4.95. The van der Waals surface area contributed by atoms with Gasteiger partial charge in [-0.15, -0.1) is 0 Å². The zero-order valence-electron chi connectivity index (χ0n) is 7.10. The molecule has 0 aliphatic rings. The van der Waals surface area contributed by atoms with E-state index in [0.29, 0.717) is 5.75 Å². The maximum absolute atomic E-state index is 9.00. The number of para-hydroxylation sites is 1. The molecule has 0 amide bonds. The molecule has 0 aromatic heterocycles. The summed E-state index contributed by atoms with van der Waals surface area (Å²) >= 11 is 0. The summed E-state index contributed by atoms with van der Waals surface area (Å²) in [4.78, 5) is 17.9. The molecule has 0 radical (unpaired) electrons. The van der Waals surface area contributed by atoms with Gasteiger partial charge in [-0.1, -0.05) is 18.2 Å². The average Bonchev–Trinajstić information content (AvgIpc) is 2.11. The lowest BCUT2D eigenvalue weighted by Gasteiger charge is -1.92. The van der Waals surface area contributed by atoms with Crippen LogP contribution in [-0.4, -0.2) is 22.5 Å². The van der Waals surface area contributed by atoms with Crippen molar-refractivity contribution in [2.24, 2.45) is 0 Å². The molecule has 4 heteroatoms. The molecule has 1 rings (SSSR count). The maximum atomic E-state index is 9.00. The Labute approximate surface area is 75.4 Å². The molecule has 0 unspecified atom stereocenters. The van der Waals surface area contributed by atoms with Crippen LogP contribution in [0.2, 0.25) is 0 Å². The van der Waals surface area contributed by atoms with E-state index < -0.39 is 5.97 Å². The van der Waals surface area contributed by atoms with Gasteiger partial charge in [0.25, 0.3) is 0 Å². The van der Waals surface area contributed by atoms with Crippen LogP contribution in [0.1, 0.15) is 5.56 Å². The number of aliphatic carboxylic acids is 1. The predicted molar refractivity (Wildman–Crippen MR) is 46.5 cm³/mol. The number of hydrogen-bond donors (Lipinski definition) is 2. The summed E-state index contributed by atoms with van der Waals surface area (Å²) in [7, 11) is 0. The number of rotatable bonds is 1. The second-order valence-corrected chi connectivity index (χ2v) is 2.24. The Morgan fingerprint density at radius 1 is 1.38 bits per heavy atom. The molecular weight excluding hydrogens is 172 g/mol. The Morgan fingerprint density at radius 3 is 2.08 bits per heavy atom. The zero-order chi connectivity index (χ0) is 10.3. The Morgan fingerprint density at radius 2 is 1.85 bits per heavy atom. The fraction of sp³-hybridized carbons (Fsp3) is 0.111. The van der Waals surface area contributed by atoms with Crippen molar-refractivity contribution in [1.82, 2.24) is 0 Å². The minimum atomic E-state index is -1.43. The second kappa shape index (κ2) is 5.77. The molecule has 2 N–H and O–H groups in total. The summed E-state index contributed by atoms with van der Waals surface area (Å²) in [6.45, 7) is 1.87. The number of carbonyl (C=O) groups is 2. The van der Waals surface area contributed by atoms with Gasteiger partial charge in [-0.3, -0.25) is 4.79 Å². The first-order valence-electron chi connectivity index (χ1n) is 3.50. The molecule has 13 heavy (non-hydrogen) atoms. The van der Waals surface area contributed by atoms with Gasteiger partial charge in [0.15, 0.2) is 0 Å². The third-order valence-electron chi connectivity index (χ3n) is 1.22. The van der Waals surface area contributed by atoms with Crippen molar-refractivity contribution in [2.75, 3.05) is 0 Å². The van der Waals surface area contributed by atoms with Crippen molar-refractivity contribution in [2.45, 2.75) is 6.92 Å². The van der Waals surface area contributed by atoms with E-state index in [1.807, 2.05) is 25.1 Å². The van der Waals surface area contributed by atoms with Crippen molar-refractivity contribution >= 4 is 12.3 Å². The van der Waals surface area contributed by atoms with E-state index in [2.05, 4.69) is 0 Å². The summed E-state index contributed by atoms with van der Waals surface area (Å²) in [5.74, 6) is -1.06. The van der Waals surface area contributed by atoms with E-state index in [9.17, 15) is 0 Å². The molecule has 0 saturated carbocycles. The smallest absolute Gasteiger partial charge is 0.368 e. The monoisotopic (exact) mass is 182 g/mol. The Bertz CT molecular complexity index is 272. The molecule has 0 heterocycles. The van der Waals surface area contributed by atoms with Gasteiger partial charge >= 0.3 is 5.97 Å². The highest BCUT2D eigenvalue weighted by atomic mass is 16.4. The van der Waals surface area contributed by atoms with Gasteiger partial charge in [0.2, 0.25) is 6.29 Å². The van der Waals surface area contributed by atoms with Crippen LogP contribution in [0.3, 0.4) is 0 Å². The highest BCUT2D eigenvalue weighted by Crippen LogP contribution is 2.12. The number of carbonyl (C=O) groups excluding carboxylic acids is 1. The minimum absolute atomic E-state index is 0.167. The molecular formula is C9H10O4. The standard InChI is InChI=1S/C7H8O.C2H2O3/c1-6-4-2-3-5-7(6)8;3-1-2(4)5/h2-5,8H,1H3;1H,(H,4,5). The molecule has 1 aromatic carbocycles. The van der Waals surface area contributed by atoms with E-state index >= 15 is 0 Å². The van der Waals surface area contributed by atoms with Gasteiger partial charge in [-0.2, -0.15) is 0 Å². The molecule has 0 saturated heterocycles. The second-order valence-electron chi connectivity index (χ2n) is 2.24. The number of aryl methyl sites for hydroxylation is 1. The fourth-order valence-corrected chi connectivity index (χ4v) is 0.563. The SMILES string of the molecule is Cc1ccccc1O.O=CC(=O)O. The van der Waals surface area contributed by atoms with E-state index in [4.69, 9.17) is 19.8 Å². The predicted octanol–water partition coefficient (Wildman–Crippen LogP) is 0.971. The third kappa shape index (κ3) is 5.43. The van der Waals surface area contributed by atoms with Gasteiger partial charge in [-0.05, 0) is 18.6 Å². The van der Waals surface area contributed by atoms with Crippen molar-refractivity contribution in [1.29, 1.82) is 0 Å². The zero-order valence-corrected chi connectivity index (χ0v) is 7.10. The lowest BCUT2D eigenvalue weighted by atomic mass is 10.2. The summed E-state index contributed by atoms with van der Waals surface area (Å²) in [5, 5.41) is 16.3. The molecule has 0 atom stereocenters. The summed E-state index contributed by atoms with van der Waals surface area (Å²) in [6, 6.07) is 7.25. The molecule has 0 bridgehead atoms. The van der Waals surface area contributed by atoms with Crippen LogP contribution in [0.25, 0.3) is 0 Å². The lowest BCUT2D eigenvalue weighted by molar-refractivity contribution is -0.143. The molecule has 0 aliphatic heterocycles. The van der Waals surface area contributed by atoms with Gasteiger partial charge in [-0.25, -0.2) is 4.79 Å². The lowest BCUT2D eigenvalue weighted by Crippen LogP contribution is -1.91. The number of aromatic hydroxyl groups is 1. The third-order valence-corrected chi connectivity index (χ3v) is 1.22. The number of phenols is 1. The first-order chi connectivity index (χ1) is 6.07. The van der Waals surface area contributed by atoms with Gasteiger partial charge < -0.3 is 10.2 Å². The summed E-state index contributed by atoms with van der Waals surface area (Å²) in [6.07, 6.45) is -0.167.